The number of nitrogens with one attached hydrogen (secondary N) is 2. The molecule has 0 bridgehead atoms. The lowest BCUT2D eigenvalue weighted by Crippen LogP contribution is -2.15. The molecule has 2 rings (SSSR count). The first-order chi connectivity index (χ1) is 6.70. The van der Waals surface area contributed by atoms with Crippen LogP contribution in [0.1, 0.15) is 0 Å². The van der Waals surface area contributed by atoms with E-state index in [4.69, 9.17) is 0 Å². The van der Waals surface area contributed by atoms with Gasteiger partial charge in [0.1, 0.15) is 0 Å². The fraction of sp³-hybridized carbons (Fsp3) is 0.111. The van der Waals surface area contributed by atoms with Gasteiger partial charge in [-0.15, -0.1) is 0 Å². The molecule has 0 saturated carbocycles. The zero-order valence-electron chi connectivity index (χ0n) is 7.46. The topological polar surface area (TPSA) is 62.0 Å². The second kappa shape index (κ2) is 3.26. The van der Waals surface area contributed by atoms with Crippen molar-refractivity contribution in [2.45, 2.75) is 0 Å². The molecular formula is C9H8N2O2S. The van der Waals surface area contributed by atoms with Gasteiger partial charge in [-0.1, -0.05) is 11.3 Å². The molecule has 0 unspecified atom stereocenters. The molecule has 5 heteroatoms. The fourth-order valence-corrected chi connectivity index (χ4v) is 1.98. The third kappa shape index (κ3) is 1.42. The second-order valence-electron chi connectivity index (χ2n) is 2.80. The second-order valence-corrected chi connectivity index (χ2v) is 3.82. The van der Waals surface area contributed by atoms with Gasteiger partial charge in [0.2, 0.25) is 0 Å². The van der Waals surface area contributed by atoms with E-state index in [-0.39, 0.29) is 10.4 Å². The van der Waals surface area contributed by atoms with Crippen molar-refractivity contribution >= 4 is 27.1 Å². The molecule has 0 saturated heterocycles. The van der Waals surface area contributed by atoms with Gasteiger partial charge in [0.25, 0.3) is 5.56 Å². The maximum Gasteiger partial charge on any atom is 0.307 e. The lowest BCUT2D eigenvalue weighted by atomic mass is 10.2. The van der Waals surface area contributed by atoms with Crippen LogP contribution >= 0.6 is 11.3 Å². The molecule has 1 aromatic heterocycles. The van der Waals surface area contributed by atoms with Crippen molar-refractivity contribution in [2.24, 2.45) is 0 Å². The highest BCUT2D eigenvalue weighted by molar-refractivity contribution is 7.15. The van der Waals surface area contributed by atoms with Crippen LogP contribution in [-0.4, -0.2) is 12.0 Å². The third-order valence-corrected chi connectivity index (χ3v) is 2.79. The predicted octanol–water partition coefficient (Wildman–Crippen LogP) is 0.991. The highest BCUT2D eigenvalue weighted by Gasteiger charge is 2.01. The smallest absolute Gasteiger partial charge is 0.307 e. The van der Waals surface area contributed by atoms with Crippen LogP contribution in [0.3, 0.4) is 0 Å². The van der Waals surface area contributed by atoms with Crippen LogP contribution in [0.4, 0.5) is 5.69 Å². The van der Waals surface area contributed by atoms with Crippen molar-refractivity contribution in [1.29, 1.82) is 0 Å². The van der Waals surface area contributed by atoms with E-state index in [0.29, 0.717) is 10.1 Å². The summed E-state index contributed by atoms with van der Waals surface area (Å²) in [5.41, 5.74) is 0.523. The van der Waals surface area contributed by atoms with E-state index in [1.54, 1.807) is 19.2 Å². The van der Waals surface area contributed by atoms with Gasteiger partial charge in [0.05, 0.1) is 5.39 Å². The number of H-pyrrole nitrogens is 1. The van der Waals surface area contributed by atoms with Gasteiger partial charge < -0.3 is 5.32 Å². The molecule has 0 aliphatic carbocycles. The van der Waals surface area contributed by atoms with E-state index in [0.717, 1.165) is 17.0 Å². The SMILES string of the molecule is CNc1ccc2sc(=O)[nH]c(=O)c2c1. The quantitative estimate of drug-likeness (QED) is 0.734. The summed E-state index contributed by atoms with van der Waals surface area (Å²) in [5.74, 6) is 0. The minimum absolute atomic E-state index is 0.320. The number of benzene rings is 1. The van der Waals surface area contributed by atoms with E-state index in [9.17, 15) is 9.59 Å². The van der Waals surface area contributed by atoms with Crippen LogP contribution in [0.25, 0.3) is 10.1 Å². The number of anilines is 1. The van der Waals surface area contributed by atoms with Gasteiger partial charge in [0.15, 0.2) is 0 Å². The number of rotatable bonds is 1. The molecule has 2 aromatic rings. The minimum atomic E-state index is -0.333. The molecule has 1 aromatic carbocycles. The van der Waals surface area contributed by atoms with Gasteiger partial charge in [-0.3, -0.25) is 14.6 Å². The van der Waals surface area contributed by atoms with Crippen LogP contribution < -0.4 is 15.7 Å². The summed E-state index contributed by atoms with van der Waals surface area (Å²) < 4.78 is 0.706. The lowest BCUT2D eigenvalue weighted by molar-refractivity contribution is 1.25. The first kappa shape index (κ1) is 8.96. The Morgan fingerprint density at radius 3 is 2.86 bits per heavy atom. The van der Waals surface area contributed by atoms with Crippen LogP contribution in [0.2, 0.25) is 0 Å². The number of hydrogen-bond donors (Lipinski definition) is 2. The summed E-state index contributed by atoms with van der Waals surface area (Å²) >= 11 is 1.04. The van der Waals surface area contributed by atoms with E-state index in [1.165, 1.54) is 0 Å². The van der Waals surface area contributed by atoms with Gasteiger partial charge >= 0.3 is 4.87 Å². The number of hydrogen-bond acceptors (Lipinski definition) is 4. The molecule has 0 atom stereocenters. The lowest BCUT2D eigenvalue weighted by Gasteiger charge is -2.00. The summed E-state index contributed by atoms with van der Waals surface area (Å²) in [4.78, 5) is 24.3. The fourth-order valence-electron chi connectivity index (χ4n) is 1.24. The number of aromatic nitrogens is 1. The minimum Gasteiger partial charge on any atom is -0.388 e. The first-order valence-electron chi connectivity index (χ1n) is 4.05. The van der Waals surface area contributed by atoms with Gasteiger partial charge in [-0.2, -0.15) is 0 Å². The molecule has 72 valence electrons. The molecule has 0 aliphatic rings. The van der Waals surface area contributed by atoms with Crippen LogP contribution in [-0.2, 0) is 0 Å². The Morgan fingerprint density at radius 1 is 1.36 bits per heavy atom. The molecule has 0 spiro atoms. The molecule has 1 heterocycles. The van der Waals surface area contributed by atoms with E-state index in [1.807, 2.05) is 6.07 Å². The summed E-state index contributed by atoms with van der Waals surface area (Å²) in [6.07, 6.45) is 0. The van der Waals surface area contributed by atoms with Crippen molar-refractivity contribution in [3.05, 3.63) is 38.2 Å². The molecule has 0 aliphatic heterocycles. The molecule has 4 nitrogen and oxygen atoms in total. The molecule has 14 heavy (non-hydrogen) atoms. The number of aromatic amines is 1. The Morgan fingerprint density at radius 2 is 2.14 bits per heavy atom. The van der Waals surface area contributed by atoms with Crippen LogP contribution in [0.15, 0.2) is 27.8 Å². The van der Waals surface area contributed by atoms with Crippen molar-refractivity contribution in [2.75, 3.05) is 12.4 Å². The highest BCUT2D eigenvalue weighted by atomic mass is 32.1. The van der Waals surface area contributed by atoms with Gasteiger partial charge in [-0.05, 0) is 18.2 Å². The van der Waals surface area contributed by atoms with Crippen molar-refractivity contribution < 1.29 is 0 Å². The Labute approximate surface area is 83.2 Å². The largest absolute Gasteiger partial charge is 0.388 e. The average Bonchev–Trinajstić information content (AvgIpc) is 2.17. The summed E-state index contributed by atoms with van der Waals surface area (Å²) in [6, 6.07) is 5.32. The van der Waals surface area contributed by atoms with Crippen molar-refractivity contribution in [3.8, 4) is 0 Å². The standard InChI is InChI=1S/C9H8N2O2S/c1-10-5-2-3-7-6(4-5)8(12)11-9(13)14-7/h2-4,10H,1H3,(H,11,12,13). The Balaban J connectivity index is 2.89. The van der Waals surface area contributed by atoms with E-state index < -0.39 is 0 Å². The third-order valence-electron chi connectivity index (χ3n) is 1.93. The molecular weight excluding hydrogens is 200 g/mol. The monoisotopic (exact) mass is 208 g/mol. The first-order valence-corrected chi connectivity index (χ1v) is 4.87. The van der Waals surface area contributed by atoms with Gasteiger partial charge in [-0.25, -0.2) is 0 Å². The molecule has 2 N–H and O–H groups in total. The predicted molar refractivity (Wildman–Crippen MR) is 58.3 cm³/mol. The summed E-state index contributed by atoms with van der Waals surface area (Å²) in [5, 5.41) is 3.48. The average molecular weight is 208 g/mol. The normalized spacial score (nSPS) is 10.4. The molecule has 0 radical (unpaired) electrons. The van der Waals surface area contributed by atoms with Crippen LogP contribution in [0, 0.1) is 0 Å². The van der Waals surface area contributed by atoms with Crippen LogP contribution in [0.5, 0.6) is 0 Å². The van der Waals surface area contributed by atoms with E-state index in [2.05, 4.69) is 10.3 Å². The summed E-state index contributed by atoms with van der Waals surface area (Å²) in [6.45, 7) is 0. The van der Waals surface area contributed by atoms with Crippen molar-refractivity contribution in [3.63, 3.8) is 0 Å². The number of fused-ring (bicyclic) bond motifs is 1. The van der Waals surface area contributed by atoms with Gasteiger partial charge in [0, 0.05) is 17.4 Å². The molecule has 0 amide bonds. The maximum atomic E-state index is 11.4. The molecule has 0 fully saturated rings. The van der Waals surface area contributed by atoms with Crippen molar-refractivity contribution in [1.82, 2.24) is 4.98 Å². The Bertz CT molecular complexity index is 585. The Kier molecular flexibility index (Phi) is 2.09. The highest BCUT2D eigenvalue weighted by Crippen LogP contribution is 2.16. The maximum absolute atomic E-state index is 11.4. The zero-order chi connectivity index (χ0) is 10.1. The Hall–Kier alpha value is -1.62. The zero-order valence-corrected chi connectivity index (χ0v) is 8.27. The summed E-state index contributed by atoms with van der Waals surface area (Å²) in [7, 11) is 1.78. The van der Waals surface area contributed by atoms with E-state index >= 15 is 0 Å².